The highest BCUT2D eigenvalue weighted by atomic mass is 16.5. The second kappa shape index (κ2) is 8.10. The van der Waals surface area contributed by atoms with Crippen LogP contribution in [0.4, 0.5) is 0 Å². The summed E-state index contributed by atoms with van der Waals surface area (Å²) in [6.07, 6.45) is 0.106. The van der Waals surface area contributed by atoms with Crippen molar-refractivity contribution in [1.82, 2.24) is 9.88 Å². The van der Waals surface area contributed by atoms with Gasteiger partial charge in [-0.3, -0.25) is 4.79 Å². The first-order valence-electron chi connectivity index (χ1n) is 9.81. The fourth-order valence-corrected chi connectivity index (χ4v) is 3.81. The van der Waals surface area contributed by atoms with E-state index < -0.39 is 6.10 Å². The molecule has 30 heavy (non-hydrogen) atoms. The number of carbonyl (C=O) groups is 2. The normalized spacial score (nSPS) is 14.2. The van der Waals surface area contributed by atoms with Crippen molar-refractivity contribution >= 4 is 22.8 Å². The molecule has 0 saturated carbocycles. The van der Waals surface area contributed by atoms with Gasteiger partial charge in [0.1, 0.15) is 11.5 Å². The van der Waals surface area contributed by atoms with Gasteiger partial charge in [-0.1, -0.05) is 0 Å². The zero-order chi connectivity index (χ0) is 21.3. The number of H-pyrrole nitrogens is 1. The number of rotatable bonds is 5. The highest BCUT2D eigenvalue weighted by Crippen LogP contribution is 2.29. The summed E-state index contributed by atoms with van der Waals surface area (Å²) in [4.78, 5) is 30.1. The maximum Gasteiger partial charge on any atom is 0.337 e. The van der Waals surface area contributed by atoms with Crippen LogP contribution in [0.3, 0.4) is 0 Å². The van der Waals surface area contributed by atoms with E-state index in [0.717, 1.165) is 34.3 Å². The molecule has 1 unspecified atom stereocenters. The molecule has 1 aromatic heterocycles. The Balaban J connectivity index is 1.52. The minimum Gasteiger partial charge on any atom is -0.497 e. The molecule has 4 rings (SSSR count). The number of carbonyl (C=O) groups excluding carboxylic acids is 2. The molecule has 1 aliphatic rings. The first kappa shape index (κ1) is 19.8. The summed E-state index contributed by atoms with van der Waals surface area (Å²) < 4.78 is 15.8. The summed E-state index contributed by atoms with van der Waals surface area (Å²) >= 11 is 0. The molecule has 1 aliphatic heterocycles. The Labute approximate surface area is 174 Å². The van der Waals surface area contributed by atoms with Crippen LogP contribution in [0.1, 0.15) is 28.5 Å². The van der Waals surface area contributed by atoms with E-state index >= 15 is 0 Å². The van der Waals surface area contributed by atoms with Crippen LogP contribution in [-0.4, -0.2) is 48.6 Å². The van der Waals surface area contributed by atoms with Gasteiger partial charge in [0, 0.05) is 41.7 Å². The van der Waals surface area contributed by atoms with Gasteiger partial charge >= 0.3 is 5.97 Å². The van der Waals surface area contributed by atoms with Crippen LogP contribution in [0.2, 0.25) is 0 Å². The van der Waals surface area contributed by atoms with E-state index in [0.29, 0.717) is 24.4 Å². The lowest BCUT2D eigenvalue weighted by molar-refractivity contribution is -0.138. The molecular weight excluding hydrogens is 384 g/mol. The van der Waals surface area contributed by atoms with Crippen LogP contribution in [-0.2, 0) is 22.5 Å². The molecular formula is C23H24N2O5. The van der Waals surface area contributed by atoms with Crippen molar-refractivity contribution in [1.29, 1.82) is 0 Å². The maximum atomic E-state index is 13.0. The molecule has 0 saturated heterocycles. The number of nitrogens with zero attached hydrogens (tertiary/aromatic N) is 1. The third-order valence-electron chi connectivity index (χ3n) is 5.43. The van der Waals surface area contributed by atoms with E-state index in [1.165, 1.54) is 7.11 Å². The van der Waals surface area contributed by atoms with Gasteiger partial charge in [0.2, 0.25) is 0 Å². The number of fused-ring (bicyclic) bond motifs is 3. The number of ether oxygens (including phenoxy) is 3. The Morgan fingerprint density at radius 2 is 1.80 bits per heavy atom. The molecule has 1 amide bonds. The lowest BCUT2D eigenvalue weighted by Crippen LogP contribution is -2.43. The maximum absolute atomic E-state index is 13.0. The number of aromatic nitrogens is 1. The first-order valence-corrected chi connectivity index (χ1v) is 9.81. The van der Waals surface area contributed by atoms with Crippen LogP contribution in [0, 0.1) is 0 Å². The van der Waals surface area contributed by atoms with E-state index in [1.54, 1.807) is 49.3 Å². The Kier molecular flexibility index (Phi) is 5.35. The van der Waals surface area contributed by atoms with Crippen molar-refractivity contribution in [3.63, 3.8) is 0 Å². The average molecular weight is 408 g/mol. The summed E-state index contributed by atoms with van der Waals surface area (Å²) in [7, 11) is 2.97. The minimum absolute atomic E-state index is 0.0741. The van der Waals surface area contributed by atoms with Gasteiger partial charge < -0.3 is 24.1 Å². The second-order valence-corrected chi connectivity index (χ2v) is 7.28. The number of methoxy groups -OCH3 is 2. The van der Waals surface area contributed by atoms with E-state index in [2.05, 4.69) is 4.98 Å². The Morgan fingerprint density at radius 1 is 1.07 bits per heavy atom. The summed E-state index contributed by atoms with van der Waals surface area (Å²) in [6, 6.07) is 12.6. The number of nitrogens with one attached hydrogen (secondary N) is 1. The number of esters is 1. The Hall–Kier alpha value is -3.48. The molecule has 0 fully saturated rings. The van der Waals surface area contributed by atoms with Gasteiger partial charge in [-0.15, -0.1) is 0 Å². The molecule has 2 aromatic carbocycles. The van der Waals surface area contributed by atoms with E-state index in [1.807, 2.05) is 12.1 Å². The van der Waals surface area contributed by atoms with E-state index in [9.17, 15) is 9.59 Å². The van der Waals surface area contributed by atoms with Gasteiger partial charge in [0.05, 0.1) is 19.8 Å². The Bertz CT molecular complexity index is 1090. The van der Waals surface area contributed by atoms with Gasteiger partial charge in [-0.2, -0.15) is 0 Å². The SMILES string of the molecule is COC(=O)c1ccc2[nH]c3c(c2c1)CN(C(=O)C(C)Oc1ccc(OC)cc1)CC3. The Morgan fingerprint density at radius 3 is 2.50 bits per heavy atom. The predicted molar refractivity (Wildman–Crippen MR) is 112 cm³/mol. The largest absolute Gasteiger partial charge is 0.497 e. The molecule has 0 radical (unpaired) electrons. The van der Waals surface area contributed by atoms with Crippen molar-refractivity contribution in [2.75, 3.05) is 20.8 Å². The van der Waals surface area contributed by atoms with Crippen LogP contribution in [0.5, 0.6) is 11.5 Å². The van der Waals surface area contributed by atoms with Gasteiger partial charge in [-0.25, -0.2) is 4.79 Å². The molecule has 1 N–H and O–H groups in total. The summed E-state index contributed by atoms with van der Waals surface area (Å²) in [5.74, 6) is 0.895. The van der Waals surface area contributed by atoms with E-state index in [-0.39, 0.29) is 11.9 Å². The average Bonchev–Trinajstić information content (AvgIpc) is 3.15. The molecule has 7 heteroatoms. The number of hydrogen-bond acceptors (Lipinski definition) is 5. The van der Waals surface area contributed by atoms with E-state index in [4.69, 9.17) is 14.2 Å². The molecule has 3 aromatic rings. The number of benzene rings is 2. The zero-order valence-corrected chi connectivity index (χ0v) is 17.2. The summed E-state index contributed by atoms with van der Waals surface area (Å²) in [6.45, 7) is 2.83. The zero-order valence-electron chi connectivity index (χ0n) is 17.2. The van der Waals surface area contributed by atoms with Crippen molar-refractivity contribution < 1.29 is 23.8 Å². The van der Waals surface area contributed by atoms with Gasteiger partial charge in [0.15, 0.2) is 6.10 Å². The first-order chi connectivity index (χ1) is 14.5. The summed E-state index contributed by atoms with van der Waals surface area (Å²) in [5, 5.41) is 0.939. The van der Waals surface area contributed by atoms with Crippen LogP contribution in [0.25, 0.3) is 10.9 Å². The third-order valence-corrected chi connectivity index (χ3v) is 5.43. The van der Waals surface area contributed by atoms with Crippen molar-refractivity contribution in [2.24, 2.45) is 0 Å². The molecule has 7 nitrogen and oxygen atoms in total. The van der Waals surface area contributed by atoms with Crippen molar-refractivity contribution in [3.05, 3.63) is 59.3 Å². The quantitative estimate of drug-likeness (QED) is 0.655. The highest BCUT2D eigenvalue weighted by molar-refractivity contribution is 5.96. The monoisotopic (exact) mass is 408 g/mol. The second-order valence-electron chi connectivity index (χ2n) is 7.28. The highest BCUT2D eigenvalue weighted by Gasteiger charge is 2.28. The van der Waals surface area contributed by atoms with Crippen LogP contribution >= 0.6 is 0 Å². The number of aromatic amines is 1. The molecule has 0 spiro atoms. The molecule has 2 heterocycles. The lowest BCUT2D eigenvalue weighted by atomic mass is 10.0. The standard InChI is InChI=1S/C23H24N2O5/c1-14(30-17-7-5-16(28-2)6-8-17)22(26)25-11-10-21-19(13-25)18-12-15(23(27)29-3)4-9-20(18)24-21/h4-9,12,14,24H,10-11,13H2,1-3H3. The predicted octanol–water partition coefficient (Wildman–Crippen LogP) is 3.32. The van der Waals surface area contributed by atoms with Gasteiger partial charge in [-0.05, 0) is 49.4 Å². The minimum atomic E-state index is -0.615. The molecule has 0 bridgehead atoms. The van der Waals surface area contributed by atoms with Crippen molar-refractivity contribution in [2.45, 2.75) is 26.0 Å². The molecule has 0 aliphatic carbocycles. The van der Waals surface area contributed by atoms with Crippen molar-refractivity contribution in [3.8, 4) is 11.5 Å². The summed E-state index contributed by atoms with van der Waals surface area (Å²) in [5.41, 5.74) is 3.57. The lowest BCUT2D eigenvalue weighted by Gasteiger charge is -2.29. The number of hydrogen-bond donors (Lipinski definition) is 1. The number of amides is 1. The smallest absolute Gasteiger partial charge is 0.337 e. The fourth-order valence-electron chi connectivity index (χ4n) is 3.81. The van der Waals surface area contributed by atoms with Gasteiger partial charge in [0.25, 0.3) is 5.91 Å². The molecule has 156 valence electrons. The van der Waals surface area contributed by atoms with Crippen LogP contribution < -0.4 is 9.47 Å². The topological polar surface area (TPSA) is 80.9 Å². The molecule has 1 atom stereocenters. The van der Waals surface area contributed by atoms with Crippen LogP contribution in [0.15, 0.2) is 42.5 Å². The fraction of sp³-hybridized carbons (Fsp3) is 0.304. The third kappa shape index (κ3) is 3.70.